The summed E-state index contributed by atoms with van der Waals surface area (Å²) in [5, 5.41) is 29.6. The Morgan fingerprint density at radius 2 is 1.47 bits per heavy atom. The maximum Gasteiger partial charge on any atom is 0.340 e. The lowest BCUT2D eigenvalue weighted by Gasteiger charge is -2.08. The SMILES string of the molecule is O=C(O)c1c(O)c(N=Nc2cccc3cccc(S(=O)(=O)O)c23)cc2ccccc12. The predicted octanol–water partition coefficient (Wildman–Crippen LogP) is 5.06. The third kappa shape index (κ3) is 3.36. The van der Waals surface area contributed by atoms with Crippen molar-refractivity contribution in [3.05, 3.63) is 72.3 Å². The molecule has 0 saturated carbocycles. The minimum atomic E-state index is -4.52. The molecule has 4 aromatic rings. The molecule has 4 rings (SSSR count). The molecule has 0 bridgehead atoms. The maximum atomic E-state index is 11.8. The molecule has 8 nitrogen and oxygen atoms in total. The van der Waals surface area contributed by atoms with E-state index in [0.717, 1.165) is 0 Å². The number of benzene rings is 4. The van der Waals surface area contributed by atoms with Gasteiger partial charge in [-0.25, -0.2) is 4.79 Å². The second kappa shape index (κ2) is 7.21. The van der Waals surface area contributed by atoms with E-state index in [1.54, 1.807) is 42.5 Å². The van der Waals surface area contributed by atoms with Crippen LogP contribution in [0.5, 0.6) is 5.75 Å². The highest BCUT2D eigenvalue weighted by atomic mass is 32.2. The quantitative estimate of drug-likeness (QED) is 0.311. The molecule has 0 spiro atoms. The summed E-state index contributed by atoms with van der Waals surface area (Å²) in [6, 6.07) is 17.3. The number of nitrogens with zero attached hydrogens (tertiary/aromatic N) is 2. The Morgan fingerprint density at radius 3 is 2.17 bits per heavy atom. The fourth-order valence-electron chi connectivity index (χ4n) is 3.31. The van der Waals surface area contributed by atoms with Gasteiger partial charge in [-0.1, -0.05) is 48.5 Å². The van der Waals surface area contributed by atoms with Crippen LogP contribution in [0.4, 0.5) is 11.4 Å². The van der Waals surface area contributed by atoms with Gasteiger partial charge in [0.25, 0.3) is 10.1 Å². The van der Waals surface area contributed by atoms with E-state index in [9.17, 15) is 28.0 Å². The van der Waals surface area contributed by atoms with Gasteiger partial charge in [-0.05, 0) is 29.0 Å². The molecule has 0 unspecified atom stereocenters. The normalized spacial score (nSPS) is 12.0. The fraction of sp³-hybridized carbons (Fsp3) is 0. The first-order valence-corrected chi connectivity index (χ1v) is 10.1. The van der Waals surface area contributed by atoms with E-state index >= 15 is 0 Å². The number of carboxylic acid groups (broad SMARTS) is 1. The lowest BCUT2D eigenvalue weighted by molar-refractivity contribution is 0.0696. The molecular weight excluding hydrogens is 408 g/mol. The van der Waals surface area contributed by atoms with Crippen LogP contribution in [0, 0.1) is 0 Å². The molecule has 9 heteroatoms. The van der Waals surface area contributed by atoms with Crippen LogP contribution >= 0.6 is 0 Å². The predicted molar refractivity (Wildman–Crippen MR) is 111 cm³/mol. The number of rotatable bonds is 4. The van der Waals surface area contributed by atoms with E-state index in [1.165, 1.54) is 24.3 Å². The van der Waals surface area contributed by atoms with Crippen molar-refractivity contribution in [2.45, 2.75) is 4.90 Å². The molecule has 0 heterocycles. The Hall–Kier alpha value is -3.82. The minimum Gasteiger partial charge on any atom is -0.505 e. The van der Waals surface area contributed by atoms with E-state index in [2.05, 4.69) is 10.2 Å². The van der Waals surface area contributed by atoms with Gasteiger partial charge in [-0.3, -0.25) is 4.55 Å². The third-order valence-corrected chi connectivity index (χ3v) is 5.50. The number of aromatic hydroxyl groups is 1. The Balaban J connectivity index is 1.94. The number of aromatic carboxylic acids is 1. The van der Waals surface area contributed by atoms with Gasteiger partial charge in [0.05, 0.1) is 5.69 Å². The van der Waals surface area contributed by atoms with Gasteiger partial charge >= 0.3 is 5.97 Å². The van der Waals surface area contributed by atoms with Crippen molar-refractivity contribution in [3.63, 3.8) is 0 Å². The summed E-state index contributed by atoms with van der Waals surface area (Å²) in [5.41, 5.74) is -0.267. The first-order valence-electron chi connectivity index (χ1n) is 8.66. The van der Waals surface area contributed by atoms with Crippen molar-refractivity contribution < 1.29 is 28.0 Å². The lowest BCUT2D eigenvalue weighted by atomic mass is 10.0. The summed E-state index contributed by atoms with van der Waals surface area (Å²) < 4.78 is 33.1. The minimum absolute atomic E-state index is 0.0903. The van der Waals surface area contributed by atoms with Gasteiger partial charge in [0, 0.05) is 10.8 Å². The average Bonchev–Trinajstić information content (AvgIpc) is 2.70. The zero-order valence-corrected chi connectivity index (χ0v) is 16.0. The standard InChI is InChI=1S/C21H14N2O6S/c24-20-16(11-13-5-1-2-8-14(13)19(20)21(25)26)23-22-15-9-3-6-12-7-4-10-17(18(12)15)30(27,28)29/h1-11,24H,(H,25,26)(H,27,28,29). The van der Waals surface area contributed by atoms with E-state index < -0.39 is 21.8 Å². The molecule has 3 N–H and O–H groups in total. The van der Waals surface area contributed by atoms with Crippen molar-refractivity contribution in [3.8, 4) is 5.75 Å². The first kappa shape index (κ1) is 19.5. The summed E-state index contributed by atoms with van der Waals surface area (Å²) >= 11 is 0. The van der Waals surface area contributed by atoms with Gasteiger partial charge in [0.2, 0.25) is 0 Å². The Morgan fingerprint density at radius 1 is 0.833 bits per heavy atom. The number of fused-ring (bicyclic) bond motifs is 2. The average molecular weight is 422 g/mol. The summed E-state index contributed by atoms with van der Waals surface area (Å²) in [7, 11) is -4.52. The van der Waals surface area contributed by atoms with Crippen LogP contribution in [0.25, 0.3) is 21.5 Å². The molecule has 0 amide bonds. The maximum absolute atomic E-state index is 11.8. The Bertz CT molecular complexity index is 1460. The highest BCUT2D eigenvalue weighted by Gasteiger charge is 2.19. The number of phenols is 1. The van der Waals surface area contributed by atoms with Gasteiger partial charge in [-0.15, -0.1) is 10.2 Å². The highest BCUT2D eigenvalue weighted by molar-refractivity contribution is 7.86. The number of hydrogen-bond donors (Lipinski definition) is 3. The molecule has 0 radical (unpaired) electrons. The van der Waals surface area contributed by atoms with Crippen molar-refractivity contribution in [1.29, 1.82) is 0 Å². The molecular formula is C21H14N2O6S. The Labute approximate surface area is 170 Å². The molecule has 30 heavy (non-hydrogen) atoms. The van der Waals surface area contributed by atoms with Crippen LogP contribution < -0.4 is 0 Å². The summed E-state index contributed by atoms with van der Waals surface area (Å²) in [6.07, 6.45) is 0. The molecule has 4 aromatic carbocycles. The molecule has 0 saturated heterocycles. The third-order valence-electron chi connectivity index (χ3n) is 4.60. The number of carboxylic acids is 1. The van der Waals surface area contributed by atoms with E-state index in [0.29, 0.717) is 16.2 Å². The number of azo groups is 1. The van der Waals surface area contributed by atoms with Crippen molar-refractivity contribution in [2.75, 3.05) is 0 Å². The van der Waals surface area contributed by atoms with E-state index in [1.807, 2.05) is 0 Å². The van der Waals surface area contributed by atoms with Crippen molar-refractivity contribution in [2.24, 2.45) is 10.2 Å². The van der Waals surface area contributed by atoms with Crippen LogP contribution in [0.2, 0.25) is 0 Å². The molecule has 0 aromatic heterocycles. The van der Waals surface area contributed by atoms with Crippen LogP contribution in [-0.4, -0.2) is 29.2 Å². The van der Waals surface area contributed by atoms with Crippen molar-refractivity contribution >= 4 is 49.0 Å². The van der Waals surface area contributed by atoms with Gasteiger partial charge < -0.3 is 10.2 Å². The molecule has 0 aliphatic heterocycles. The monoisotopic (exact) mass is 422 g/mol. The topological polar surface area (TPSA) is 137 Å². The summed E-state index contributed by atoms with van der Waals surface area (Å²) in [6.45, 7) is 0. The van der Waals surface area contributed by atoms with Crippen LogP contribution in [-0.2, 0) is 10.1 Å². The molecule has 0 atom stereocenters. The fourth-order valence-corrected chi connectivity index (χ4v) is 4.04. The van der Waals surface area contributed by atoms with E-state index in [4.69, 9.17) is 0 Å². The number of carbonyl (C=O) groups is 1. The largest absolute Gasteiger partial charge is 0.505 e. The second-order valence-corrected chi connectivity index (χ2v) is 7.84. The molecule has 150 valence electrons. The summed E-state index contributed by atoms with van der Waals surface area (Å²) in [4.78, 5) is 11.3. The molecule has 0 fully saturated rings. The van der Waals surface area contributed by atoms with Crippen LogP contribution in [0.1, 0.15) is 10.4 Å². The van der Waals surface area contributed by atoms with Crippen molar-refractivity contribution in [1.82, 2.24) is 0 Å². The second-order valence-electron chi connectivity index (χ2n) is 6.45. The zero-order chi connectivity index (χ0) is 21.5. The lowest BCUT2D eigenvalue weighted by Crippen LogP contribution is -1.99. The molecule has 0 aliphatic rings. The van der Waals surface area contributed by atoms with Crippen LogP contribution in [0.15, 0.2) is 81.9 Å². The smallest absolute Gasteiger partial charge is 0.340 e. The number of hydrogen-bond acceptors (Lipinski definition) is 6. The van der Waals surface area contributed by atoms with Gasteiger partial charge in [-0.2, -0.15) is 8.42 Å². The Kier molecular flexibility index (Phi) is 4.69. The molecule has 0 aliphatic carbocycles. The first-order chi connectivity index (χ1) is 14.3. The van der Waals surface area contributed by atoms with Gasteiger partial charge in [0.1, 0.15) is 16.1 Å². The van der Waals surface area contributed by atoms with Gasteiger partial charge in [0.15, 0.2) is 5.75 Å². The highest BCUT2D eigenvalue weighted by Crippen LogP contribution is 2.39. The summed E-state index contributed by atoms with van der Waals surface area (Å²) in [5.74, 6) is -1.88. The van der Waals surface area contributed by atoms with Crippen LogP contribution in [0.3, 0.4) is 0 Å². The zero-order valence-electron chi connectivity index (χ0n) is 15.2. The van der Waals surface area contributed by atoms with E-state index in [-0.39, 0.29) is 27.2 Å².